The van der Waals surface area contributed by atoms with E-state index in [-0.39, 0.29) is 5.91 Å². The average Bonchev–Trinajstić information content (AvgIpc) is 3.18. The van der Waals surface area contributed by atoms with E-state index in [1.165, 1.54) is 21.6 Å². The quantitative estimate of drug-likeness (QED) is 0.757. The molecule has 2 atom stereocenters. The third kappa shape index (κ3) is 4.37. The number of nitrogens with zero attached hydrogens (tertiary/aromatic N) is 5. The van der Waals surface area contributed by atoms with Gasteiger partial charge in [-0.15, -0.1) is 0 Å². The zero-order chi connectivity index (χ0) is 23.8. The van der Waals surface area contributed by atoms with E-state index in [1.54, 1.807) is 7.05 Å². The van der Waals surface area contributed by atoms with Gasteiger partial charge in [0.2, 0.25) is 0 Å². The van der Waals surface area contributed by atoms with Crippen molar-refractivity contribution >= 4 is 17.9 Å². The molecule has 3 heterocycles. The van der Waals surface area contributed by atoms with Gasteiger partial charge in [0.1, 0.15) is 0 Å². The molecule has 2 fully saturated rings. The number of guanidine groups is 1. The minimum Gasteiger partial charge on any atom is -0.340 e. The summed E-state index contributed by atoms with van der Waals surface area (Å²) in [7, 11) is 1.70. The van der Waals surface area contributed by atoms with E-state index in [9.17, 15) is 9.59 Å². The molecule has 0 aliphatic carbocycles. The number of fused-ring (bicyclic) bond motifs is 1. The molecular formula is C26H32N6O2. The first-order chi connectivity index (χ1) is 16.4. The molecule has 2 aromatic carbocycles. The van der Waals surface area contributed by atoms with Gasteiger partial charge in [0.15, 0.2) is 18.2 Å². The van der Waals surface area contributed by atoms with Crippen molar-refractivity contribution in [2.45, 2.75) is 39.1 Å². The number of likely N-dealkylation sites (N-methyl/N-ethyl adjacent to an activating group) is 1. The van der Waals surface area contributed by atoms with E-state index in [0.29, 0.717) is 6.54 Å². The molecule has 3 aliphatic rings. The Kier molecular flexibility index (Phi) is 6.00. The lowest BCUT2D eigenvalue weighted by Crippen LogP contribution is -2.64. The molecule has 0 spiro atoms. The standard InChI is InChI=1S/C26H32N6O2/c1-18-6-4-8-20(14-18)16-30-10-12-31(13-11-30)25-27-23-22(24(33)28-26(34)29(23)3)32(25)17-21-9-5-7-19(2)15-21/h4-9,14-15,22-23H,10-13,16-17H2,1-3H3,(H,28,33,34). The number of benzene rings is 2. The number of hydrogen-bond donors (Lipinski definition) is 1. The largest absolute Gasteiger partial charge is 0.340 e. The molecule has 2 unspecified atom stereocenters. The van der Waals surface area contributed by atoms with Gasteiger partial charge in [0, 0.05) is 46.3 Å². The van der Waals surface area contributed by atoms with E-state index in [4.69, 9.17) is 4.99 Å². The van der Waals surface area contributed by atoms with Crippen LogP contribution in [0.4, 0.5) is 4.79 Å². The number of aryl methyl sites for hydroxylation is 2. The highest BCUT2D eigenvalue weighted by molar-refractivity contribution is 6.03. The number of nitrogens with one attached hydrogen (secondary N) is 1. The Balaban J connectivity index is 1.35. The molecular weight excluding hydrogens is 428 g/mol. The molecule has 2 saturated heterocycles. The predicted octanol–water partition coefficient (Wildman–Crippen LogP) is 2.17. The van der Waals surface area contributed by atoms with Crippen molar-refractivity contribution in [3.8, 4) is 0 Å². The van der Waals surface area contributed by atoms with Crippen LogP contribution in [0.1, 0.15) is 22.3 Å². The zero-order valence-corrected chi connectivity index (χ0v) is 20.1. The second kappa shape index (κ2) is 9.10. The summed E-state index contributed by atoms with van der Waals surface area (Å²) in [6.45, 7) is 9.18. The maximum absolute atomic E-state index is 12.9. The number of carbonyl (C=O) groups excluding carboxylic acids is 2. The molecule has 178 valence electrons. The van der Waals surface area contributed by atoms with Gasteiger partial charge in [0.25, 0.3) is 5.91 Å². The van der Waals surface area contributed by atoms with E-state index in [1.807, 2.05) is 6.07 Å². The molecule has 0 saturated carbocycles. The van der Waals surface area contributed by atoms with Crippen LogP contribution in [0.25, 0.3) is 0 Å². The molecule has 8 heteroatoms. The Bertz CT molecular complexity index is 1120. The highest BCUT2D eigenvalue weighted by Gasteiger charge is 2.49. The van der Waals surface area contributed by atoms with Crippen LogP contribution in [0, 0.1) is 13.8 Å². The number of piperazine rings is 1. The topological polar surface area (TPSA) is 71.5 Å². The van der Waals surface area contributed by atoms with E-state index in [0.717, 1.165) is 44.2 Å². The molecule has 5 rings (SSSR count). The first-order valence-electron chi connectivity index (χ1n) is 11.9. The highest BCUT2D eigenvalue weighted by atomic mass is 16.2. The van der Waals surface area contributed by atoms with Crippen molar-refractivity contribution in [1.29, 1.82) is 0 Å². The summed E-state index contributed by atoms with van der Waals surface area (Å²) in [5.74, 6) is 0.529. The van der Waals surface area contributed by atoms with Crippen molar-refractivity contribution in [2.75, 3.05) is 33.2 Å². The van der Waals surface area contributed by atoms with Crippen LogP contribution in [0.3, 0.4) is 0 Å². The number of urea groups is 1. The Morgan fingerprint density at radius 3 is 2.15 bits per heavy atom. The Morgan fingerprint density at radius 2 is 1.53 bits per heavy atom. The second-order valence-electron chi connectivity index (χ2n) is 9.56. The molecule has 3 aliphatic heterocycles. The third-order valence-electron chi connectivity index (χ3n) is 6.92. The number of carbonyl (C=O) groups is 2. The smallest absolute Gasteiger partial charge is 0.325 e. The predicted molar refractivity (Wildman–Crippen MR) is 131 cm³/mol. The fourth-order valence-corrected chi connectivity index (χ4v) is 5.13. The Hall–Kier alpha value is -3.39. The van der Waals surface area contributed by atoms with Crippen molar-refractivity contribution in [3.05, 3.63) is 70.8 Å². The normalized spacial score (nSPS) is 23.1. The SMILES string of the molecule is Cc1cccc(CN2CCN(C3=NC4C(C(=O)NC(=O)N4C)N3Cc3cccc(C)c3)CC2)c1. The average molecular weight is 461 g/mol. The van der Waals surface area contributed by atoms with Crippen LogP contribution in [-0.4, -0.2) is 82.9 Å². The van der Waals surface area contributed by atoms with Crippen LogP contribution in [0.5, 0.6) is 0 Å². The molecule has 2 aromatic rings. The first kappa shape index (κ1) is 22.4. The molecule has 1 N–H and O–H groups in total. The van der Waals surface area contributed by atoms with Gasteiger partial charge in [-0.05, 0) is 25.0 Å². The fourth-order valence-electron chi connectivity index (χ4n) is 5.13. The zero-order valence-electron chi connectivity index (χ0n) is 20.1. The van der Waals surface area contributed by atoms with Crippen molar-refractivity contribution in [3.63, 3.8) is 0 Å². The number of hydrogen-bond acceptors (Lipinski definition) is 6. The summed E-state index contributed by atoms with van der Waals surface area (Å²) < 4.78 is 0. The van der Waals surface area contributed by atoms with Gasteiger partial charge < -0.3 is 14.7 Å². The number of rotatable bonds is 4. The van der Waals surface area contributed by atoms with Gasteiger partial charge >= 0.3 is 6.03 Å². The molecule has 8 nitrogen and oxygen atoms in total. The van der Waals surface area contributed by atoms with E-state index >= 15 is 0 Å². The first-order valence-corrected chi connectivity index (χ1v) is 11.9. The van der Waals surface area contributed by atoms with Gasteiger partial charge in [-0.1, -0.05) is 59.7 Å². The number of amides is 3. The molecule has 34 heavy (non-hydrogen) atoms. The monoisotopic (exact) mass is 460 g/mol. The summed E-state index contributed by atoms with van der Waals surface area (Å²) in [4.78, 5) is 38.5. The molecule has 3 amide bonds. The van der Waals surface area contributed by atoms with Gasteiger partial charge in [0.05, 0.1) is 0 Å². The van der Waals surface area contributed by atoms with Crippen LogP contribution in [-0.2, 0) is 17.9 Å². The Labute approximate surface area is 200 Å². The molecule has 0 aromatic heterocycles. The maximum atomic E-state index is 12.9. The van der Waals surface area contributed by atoms with Crippen molar-refractivity contribution in [2.24, 2.45) is 4.99 Å². The van der Waals surface area contributed by atoms with Crippen molar-refractivity contribution in [1.82, 2.24) is 24.9 Å². The summed E-state index contributed by atoms with van der Waals surface area (Å²) in [5, 5.41) is 2.50. The minimum atomic E-state index is -0.525. The van der Waals surface area contributed by atoms with Gasteiger partial charge in [-0.25, -0.2) is 9.79 Å². The van der Waals surface area contributed by atoms with E-state index < -0.39 is 18.2 Å². The summed E-state index contributed by atoms with van der Waals surface area (Å²) in [6, 6.07) is 16.1. The summed E-state index contributed by atoms with van der Waals surface area (Å²) >= 11 is 0. The van der Waals surface area contributed by atoms with E-state index in [2.05, 4.69) is 76.3 Å². The summed E-state index contributed by atoms with van der Waals surface area (Å²) in [5.41, 5.74) is 4.91. The third-order valence-corrected chi connectivity index (χ3v) is 6.92. The lowest BCUT2D eigenvalue weighted by Gasteiger charge is -2.40. The fraction of sp³-hybridized carbons (Fsp3) is 0.423. The number of imide groups is 1. The van der Waals surface area contributed by atoms with Crippen LogP contribution < -0.4 is 5.32 Å². The minimum absolute atomic E-state index is 0.280. The van der Waals surface area contributed by atoms with Crippen LogP contribution in [0.2, 0.25) is 0 Å². The van der Waals surface area contributed by atoms with Crippen LogP contribution in [0.15, 0.2) is 53.5 Å². The molecule has 0 bridgehead atoms. The number of aliphatic imine (C=N–C) groups is 1. The highest BCUT2D eigenvalue weighted by Crippen LogP contribution is 2.28. The Morgan fingerprint density at radius 1 is 0.912 bits per heavy atom. The lowest BCUT2D eigenvalue weighted by atomic mass is 10.1. The molecule has 0 radical (unpaired) electrons. The second-order valence-corrected chi connectivity index (χ2v) is 9.56. The van der Waals surface area contributed by atoms with Crippen LogP contribution >= 0.6 is 0 Å². The summed E-state index contributed by atoms with van der Waals surface area (Å²) in [6.07, 6.45) is -0.508. The lowest BCUT2D eigenvalue weighted by molar-refractivity contribution is -0.127. The van der Waals surface area contributed by atoms with Crippen molar-refractivity contribution < 1.29 is 9.59 Å². The van der Waals surface area contributed by atoms with Gasteiger partial charge in [-0.3, -0.25) is 15.0 Å². The van der Waals surface area contributed by atoms with Gasteiger partial charge in [-0.2, -0.15) is 0 Å². The maximum Gasteiger partial charge on any atom is 0.325 e.